The maximum Gasteiger partial charge on any atom is 0.416 e. The van der Waals surface area contributed by atoms with Crippen LogP contribution in [0.2, 0.25) is 0 Å². The third-order valence-corrected chi connectivity index (χ3v) is 5.63. The molecule has 2 aromatic heterocycles. The molecule has 1 aliphatic rings. The molecule has 0 radical (unpaired) electrons. The van der Waals surface area contributed by atoms with Gasteiger partial charge in [0, 0.05) is 12.6 Å². The van der Waals surface area contributed by atoms with E-state index >= 15 is 0 Å². The second-order valence-electron chi connectivity index (χ2n) is 8.11. The number of rotatable bonds is 4. The lowest BCUT2D eigenvalue weighted by Crippen LogP contribution is -2.39. The minimum absolute atomic E-state index is 0.0202. The molecule has 164 valence electrons. The summed E-state index contributed by atoms with van der Waals surface area (Å²) < 4.78 is 43.5. The lowest BCUT2D eigenvalue weighted by Gasteiger charge is -2.13. The molecule has 4 aromatic rings. The van der Waals surface area contributed by atoms with Gasteiger partial charge in [0.2, 0.25) is 0 Å². The van der Waals surface area contributed by atoms with E-state index in [9.17, 15) is 22.8 Å². The van der Waals surface area contributed by atoms with Gasteiger partial charge in [-0.15, -0.1) is 0 Å². The average Bonchev–Trinajstić information content (AvgIpc) is 3.48. The molecule has 0 unspecified atom stereocenters. The van der Waals surface area contributed by atoms with Gasteiger partial charge in [0.1, 0.15) is 0 Å². The van der Waals surface area contributed by atoms with Crippen molar-refractivity contribution in [1.82, 2.24) is 18.7 Å². The molecule has 0 saturated heterocycles. The summed E-state index contributed by atoms with van der Waals surface area (Å²) in [6, 6.07) is 12.1. The Morgan fingerprint density at radius 1 is 1.06 bits per heavy atom. The first kappa shape index (κ1) is 20.3. The summed E-state index contributed by atoms with van der Waals surface area (Å²) in [5.74, 6) is 0. The molecule has 0 bridgehead atoms. The monoisotopic (exact) mass is 440 g/mol. The van der Waals surface area contributed by atoms with Crippen LogP contribution in [-0.2, 0) is 12.7 Å². The fraction of sp³-hybridized carbons (Fsp3) is 0.261. The van der Waals surface area contributed by atoms with Gasteiger partial charge >= 0.3 is 11.9 Å². The van der Waals surface area contributed by atoms with Crippen LogP contribution >= 0.6 is 0 Å². The predicted molar refractivity (Wildman–Crippen MR) is 113 cm³/mol. The summed E-state index contributed by atoms with van der Waals surface area (Å²) in [6.45, 7) is 1.92. The Morgan fingerprint density at radius 2 is 1.81 bits per heavy atom. The van der Waals surface area contributed by atoms with Crippen LogP contribution in [-0.4, -0.2) is 18.7 Å². The number of aromatic nitrogens is 4. The highest BCUT2D eigenvalue weighted by Gasteiger charge is 2.32. The van der Waals surface area contributed by atoms with E-state index in [4.69, 9.17) is 0 Å². The van der Waals surface area contributed by atoms with Crippen LogP contribution in [0.1, 0.15) is 35.6 Å². The van der Waals surface area contributed by atoms with E-state index in [0.29, 0.717) is 11.3 Å². The van der Waals surface area contributed by atoms with E-state index < -0.39 is 23.0 Å². The van der Waals surface area contributed by atoms with E-state index in [1.165, 1.54) is 26.1 Å². The molecule has 0 amide bonds. The first-order valence-corrected chi connectivity index (χ1v) is 10.2. The van der Waals surface area contributed by atoms with E-state index in [2.05, 4.69) is 4.98 Å². The number of alkyl halides is 3. The molecule has 1 aliphatic carbocycles. The third-order valence-electron chi connectivity index (χ3n) is 5.63. The Kier molecular flexibility index (Phi) is 4.58. The molecule has 0 aliphatic heterocycles. The van der Waals surface area contributed by atoms with E-state index in [-0.39, 0.29) is 23.8 Å². The topological polar surface area (TPSA) is 61.8 Å². The van der Waals surface area contributed by atoms with Crippen LogP contribution in [0.5, 0.6) is 0 Å². The number of aryl methyl sites for hydroxylation is 1. The van der Waals surface area contributed by atoms with Gasteiger partial charge in [0.15, 0.2) is 11.2 Å². The Morgan fingerprint density at radius 3 is 2.50 bits per heavy atom. The molecule has 32 heavy (non-hydrogen) atoms. The third kappa shape index (κ3) is 3.43. The van der Waals surface area contributed by atoms with Crippen molar-refractivity contribution in [3.8, 4) is 5.69 Å². The van der Waals surface area contributed by atoms with Crippen LogP contribution in [0.25, 0.3) is 16.9 Å². The van der Waals surface area contributed by atoms with E-state index in [1.54, 1.807) is 12.1 Å². The zero-order valence-corrected chi connectivity index (χ0v) is 17.1. The van der Waals surface area contributed by atoms with Gasteiger partial charge in [-0.2, -0.15) is 13.2 Å². The largest absolute Gasteiger partial charge is 0.416 e. The predicted octanol–water partition coefficient (Wildman–Crippen LogP) is 4.06. The minimum atomic E-state index is -4.46. The Balaban J connectivity index is 1.72. The van der Waals surface area contributed by atoms with Gasteiger partial charge in [-0.3, -0.25) is 9.36 Å². The van der Waals surface area contributed by atoms with Gasteiger partial charge in [-0.1, -0.05) is 24.3 Å². The lowest BCUT2D eigenvalue weighted by atomic mass is 10.1. The Hall–Kier alpha value is -3.62. The van der Waals surface area contributed by atoms with Crippen LogP contribution in [0.4, 0.5) is 13.2 Å². The summed E-state index contributed by atoms with van der Waals surface area (Å²) in [5, 5.41) is 0. The fourth-order valence-electron chi connectivity index (χ4n) is 3.97. The smallest absolute Gasteiger partial charge is 0.320 e. The van der Waals surface area contributed by atoms with Gasteiger partial charge < -0.3 is 4.57 Å². The van der Waals surface area contributed by atoms with Crippen molar-refractivity contribution in [1.29, 1.82) is 0 Å². The van der Waals surface area contributed by atoms with Crippen LogP contribution in [0, 0.1) is 6.92 Å². The second-order valence-corrected chi connectivity index (χ2v) is 8.11. The average molecular weight is 440 g/mol. The summed E-state index contributed by atoms with van der Waals surface area (Å²) in [5.41, 5.74) is 0.593. The number of fused-ring (bicyclic) bond motifs is 1. The molecule has 0 N–H and O–H groups in total. The zero-order chi connectivity index (χ0) is 22.6. The highest BCUT2D eigenvalue weighted by Crippen LogP contribution is 2.33. The standard InChI is InChI=1S/C23H19F3N4O2/c1-14-4-2-7-18(10-14)29-20-19(21(31)30(22(29)32)17-8-9-17)28(13-27-20)12-15-5-3-6-16(11-15)23(24,25)26/h2-7,10-11,13,17H,8-9,12H2,1H3. The lowest BCUT2D eigenvalue weighted by molar-refractivity contribution is -0.137. The molecular formula is C23H19F3N4O2. The molecule has 6 nitrogen and oxygen atoms in total. The number of halogens is 3. The zero-order valence-electron chi connectivity index (χ0n) is 17.1. The van der Waals surface area contributed by atoms with Gasteiger partial charge in [-0.25, -0.2) is 14.3 Å². The van der Waals surface area contributed by atoms with Crippen molar-refractivity contribution < 1.29 is 13.2 Å². The van der Waals surface area contributed by atoms with E-state index in [1.807, 2.05) is 25.1 Å². The fourth-order valence-corrected chi connectivity index (χ4v) is 3.97. The molecule has 1 saturated carbocycles. The molecule has 5 rings (SSSR count). The molecule has 2 heterocycles. The number of imidazole rings is 1. The summed E-state index contributed by atoms with van der Waals surface area (Å²) in [4.78, 5) is 30.9. The summed E-state index contributed by atoms with van der Waals surface area (Å²) in [7, 11) is 0. The number of nitrogens with zero attached hydrogens (tertiary/aromatic N) is 4. The van der Waals surface area contributed by atoms with E-state index in [0.717, 1.165) is 30.5 Å². The van der Waals surface area contributed by atoms with Crippen molar-refractivity contribution in [2.45, 2.75) is 38.5 Å². The van der Waals surface area contributed by atoms with Gasteiger partial charge in [0.25, 0.3) is 5.56 Å². The van der Waals surface area contributed by atoms with Crippen molar-refractivity contribution in [3.63, 3.8) is 0 Å². The molecule has 1 fully saturated rings. The molecule has 0 spiro atoms. The van der Waals surface area contributed by atoms with Crippen molar-refractivity contribution in [2.75, 3.05) is 0 Å². The van der Waals surface area contributed by atoms with Crippen LogP contribution < -0.4 is 11.2 Å². The quantitative estimate of drug-likeness (QED) is 0.481. The summed E-state index contributed by atoms with van der Waals surface area (Å²) >= 11 is 0. The van der Waals surface area contributed by atoms with Crippen molar-refractivity contribution in [3.05, 3.63) is 92.4 Å². The normalized spacial score (nSPS) is 14.2. The first-order chi connectivity index (χ1) is 15.2. The highest BCUT2D eigenvalue weighted by molar-refractivity contribution is 5.72. The Bertz CT molecular complexity index is 1460. The van der Waals surface area contributed by atoms with Crippen LogP contribution in [0.3, 0.4) is 0 Å². The van der Waals surface area contributed by atoms with Crippen molar-refractivity contribution in [2.24, 2.45) is 0 Å². The van der Waals surface area contributed by atoms with Gasteiger partial charge in [-0.05, 0) is 55.2 Å². The number of hydrogen-bond acceptors (Lipinski definition) is 3. The minimum Gasteiger partial charge on any atom is -0.320 e. The first-order valence-electron chi connectivity index (χ1n) is 10.2. The van der Waals surface area contributed by atoms with Gasteiger partial charge in [0.05, 0.1) is 17.6 Å². The SMILES string of the molecule is Cc1cccc(-n2c(=O)n(C3CC3)c(=O)c3c2ncn3Cc2cccc(C(F)(F)F)c2)c1. The van der Waals surface area contributed by atoms with Crippen LogP contribution in [0.15, 0.2) is 64.4 Å². The number of hydrogen-bond donors (Lipinski definition) is 0. The highest BCUT2D eigenvalue weighted by atomic mass is 19.4. The van der Waals surface area contributed by atoms with Crippen molar-refractivity contribution >= 4 is 11.2 Å². The Labute approximate surface area is 180 Å². The number of benzene rings is 2. The summed E-state index contributed by atoms with van der Waals surface area (Å²) in [6.07, 6.45) is -1.60. The second kappa shape index (κ2) is 7.22. The molecule has 9 heteroatoms. The molecule has 0 atom stereocenters. The maximum absolute atomic E-state index is 13.3. The molecular weight excluding hydrogens is 421 g/mol. The molecule has 2 aromatic carbocycles. The maximum atomic E-state index is 13.3.